The molecule has 4 heteroatoms. The lowest BCUT2D eigenvalue weighted by Crippen LogP contribution is -2.30. The number of hydrogen-bond acceptors (Lipinski definition) is 3. The third-order valence-electron chi connectivity index (χ3n) is 1.32. The standard InChI is InChI=1S/C7H10N2O2/c1-6-3-8-7(5-11-2)4-9(6)10/h3-4H,5H2,1-2H3. The van der Waals surface area contributed by atoms with Crippen LogP contribution < -0.4 is 4.73 Å². The topological polar surface area (TPSA) is 49.1 Å². The minimum atomic E-state index is 0.377. The molecule has 0 atom stereocenters. The zero-order valence-corrected chi connectivity index (χ0v) is 6.57. The van der Waals surface area contributed by atoms with Crippen molar-refractivity contribution in [1.82, 2.24) is 4.98 Å². The van der Waals surface area contributed by atoms with Crippen LogP contribution in [-0.2, 0) is 11.3 Å². The maximum atomic E-state index is 10.9. The summed E-state index contributed by atoms with van der Waals surface area (Å²) in [4.78, 5) is 3.98. The molecule has 0 aliphatic heterocycles. The van der Waals surface area contributed by atoms with Crippen molar-refractivity contribution in [3.63, 3.8) is 0 Å². The van der Waals surface area contributed by atoms with Crippen LogP contribution in [0.2, 0.25) is 0 Å². The fourth-order valence-corrected chi connectivity index (χ4v) is 0.726. The van der Waals surface area contributed by atoms with E-state index in [1.54, 1.807) is 14.0 Å². The summed E-state index contributed by atoms with van der Waals surface area (Å²) in [6.07, 6.45) is 2.94. The van der Waals surface area contributed by atoms with Gasteiger partial charge in [0, 0.05) is 14.0 Å². The molecule has 0 aliphatic carbocycles. The Hall–Kier alpha value is -1.16. The number of methoxy groups -OCH3 is 1. The van der Waals surface area contributed by atoms with Gasteiger partial charge in [-0.15, -0.1) is 0 Å². The summed E-state index contributed by atoms with van der Waals surface area (Å²) < 4.78 is 5.59. The number of ether oxygens (including phenoxy) is 1. The zero-order chi connectivity index (χ0) is 8.27. The molecule has 0 unspecified atom stereocenters. The molecule has 0 aromatic carbocycles. The molecule has 1 heterocycles. The second-order valence-electron chi connectivity index (χ2n) is 2.28. The van der Waals surface area contributed by atoms with Crippen LogP contribution in [0.1, 0.15) is 11.4 Å². The van der Waals surface area contributed by atoms with Crippen molar-refractivity contribution >= 4 is 0 Å². The molecule has 1 aromatic heterocycles. The second kappa shape index (κ2) is 3.30. The molecule has 0 N–H and O–H groups in total. The SMILES string of the molecule is COCc1c[n+]([O-])c(C)cn1. The van der Waals surface area contributed by atoms with E-state index in [1.807, 2.05) is 0 Å². The molecule has 1 aromatic rings. The van der Waals surface area contributed by atoms with E-state index >= 15 is 0 Å². The van der Waals surface area contributed by atoms with E-state index in [9.17, 15) is 5.21 Å². The molecule has 0 aliphatic rings. The average molecular weight is 154 g/mol. The molecule has 0 saturated carbocycles. The third kappa shape index (κ3) is 1.88. The van der Waals surface area contributed by atoms with Crippen LogP contribution in [0, 0.1) is 12.1 Å². The Morgan fingerprint density at radius 3 is 3.00 bits per heavy atom. The van der Waals surface area contributed by atoms with E-state index in [-0.39, 0.29) is 0 Å². The third-order valence-corrected chi connectivity index (χ3v) is 1.32. The van der Waals surface area contributed by atoms with Gasteiger partial charge in [0.05, 0.1) is 12.8 Å². The molecule has 1 rings (SSSR count). The summed E-state index contributed by atoms with van der Waals surface area (Å²) in [6, 6.07) is 0. The highest BCUT2D eigenvalue weighted by atomic mass is 16.5. The van der Waals surface area contributed by atoms with Crippen molar-refractivity contribution in [2.45, 2.75) is 13.5 Å². The van der Waals surface area contributed by atoms with Gasteiger partial charge in [0.2, 0.25) is 11.9 Å². The van der Waals surface area contributed by atoms with E-state index in [4.69, 9.17) is 4.74 Å². The smallest absolute Gasteiger partial charge is 0.207 e. The Balaban J connectivity index is 2.86. The van der Waals surface area contributed by atoms with Crippen molar-refractivity contribution in [2.24, 2.45) is 0 Å². The van der Waals surface area contributed by atoms with Gasteiger partial charge in [-0.2, -0.15) is 4.73 Å². The van der Waals surface area contributed by atoms with Gasteiger partial charge in [0.1, 0.15) is 5.69 Å². The first-order valence-electron chi connectivity index (χ1n) is 3.27. The van der Waals surface area contributed by atoms with E-state index in [0.717, 1.165) is 4.73 Å². The van der Waals surface area contributed by atoms with Crippen LogP contribution in [0.15, 0.2) is 12.4 Å². The fraction of sp³-hybridized carbons (Fsp3) is 0.429. The summed E-state index contributed by atoms with van der Waals surface area (Å²) in [5, 5.41) is 10.9. The van der Waals surface area contributed by atoms with Crippen LogP contribution in [0.5, 0.6) is 0 Å². The largest absolute Gasteiger partial charge is 0.618 e. The average Bonchev–Trinajstić information content (AvgIpc) is 1.98. The Morgan fingerprint density at radius 1 is 1.73 bits per heavy atom. The first kappa shape index (κ1) is 7.94. The summed E-state index contributed by atoms with van der Waals surface area (Å²) in [6.45, 7) is 2.08. The van der Waals surface area contributed by atoms with E-state index in [1.165, 1.54) is 12.4 Å². The van der Waals surface area contributed by atoms with Crippen LogP contribution in [0.3, 0.4) is 0 Å². The highest BCUT2D eigenvalue weighted by Gasteiger charge is 2.01. The minimum Gasteiger partial charge on any atom is -0.618 e. The van der Waals surface area contributed by atoms with Crippen LogP contribution in [-0.4, -0.2) is 12.1 Å². The molecule has 4 nitrogen and oxygen atoms in total. The number of hydrogen-bond donors (Lipinski definition) is 0. The van der Waals surface area contributed by atoms with Gasteiger partial charge < -0.3 is 9.94 Å². The highest BCUT2D eigenvalue weighted by molar-refractivity contribution is 4.92. The van der Waals surface area contributed by atoms with Crippen LogP contribution in [0.4, 0.5) is 0 Å². The monoisotopic (exact) mass is 154 g/mol. The predicted molar refractivity (Wildman–Crippen MR) is 38.6 cm³/mol. The Labute approximate surface area is 65.0 Å². The summed E-state index contributed by atoms with van der Waals surface area (Å²) in [5.74, 6) is 0. The fourth-order valence-electron chi connectivity index (χ4n) is 0.726. The molecule has 11 heavy (non-hydrogen) atoms. The number of rotatable bonds is 2. The summed E-state index contributed by atoms with van der Waals surface area (Å²) in [5.41, 5.74) is 1.23. The van der Waals surface area contributed by atoms with Crippen LogP contribution >= 0.6 is 0 Å². The Bertz CT molecular complexity index is 250. The van der Waals surface area contributed by atoms with E-state index in [2.05, 4.69) is 4.98 Å². The molecule has 0 saturated heterocycles. The van der Waals surface area contributed by atoms with Gasteiger partial charge in [-0.05, 0) is 0 Å². The molecule has 0 fully saturated rings. The van der Waals surface area contributed by atoms with Gasteiger partial charge >= 0.3 is 0 Å². The van der Waals surface area contributed by atoms with Crippen LogP contribution in [0.25, 0.3) is 0 Å². The van der Waals surface area contributed by atoms with E-state index in [0.29, 0.717) is 18.0 Å². The van der Waals surface area contributed by atoms with Gasteiger partial charge in [0.25, 0.3) is 0 Å². The van der Waals surface area contributed by atoms with Crippen molar-refractivity contribution in [1.29, 1.82) is 0 Å². The quantitative estimate of drug-likeness (QED) is 0.450. The lowest BCUT2D eigenvalue weighted by atomic mass is 10.4. The molecule has 60 valence electrons. The van der Waals surface area contributed by atoms with Crippen molar-refractivity contribution < 1.29 is 9.47 Å². The van der Waals surface area contributed by atoms with E-state index < -0.39 is 0 Å². The second-order valence-corrected chi connectivity index (χ2v) is 2.28. The van der Waals surface area contributed by atoms with Crippen molar-refractivity contribution in [3.05, 3.63) is 29.0 Å². The molecule has 0 amide bonds. The normalized spacial score (nSPS) is 10.0. The lowest BCUT2D eigenvalue weighted by molar-refractivity contribution is -0.613. The number of nitrogens with zero attached hydrogens (tertiary/aromatic N) is 2. The molecular weight excluding hydrogens is 144 g/mol. The highest BCUT2D eigenvalue weighted by Crippen LogP contribution is 1.92. The molecule has 0 bridgehead atoms. The van der Waals surface area contributed by atoms with Gasteiger partial charge in [-0.3, -0.25) is 0 Å². The maximum Gasteiger partial charge on any atom is 0.207 e. The van der Waals surface area contributed by atoms with Crippen molar-refractivity contribution in [3.8, 4) is 0 Å². The molecule has 0 radical (unpaired) electrons. The summed E-state index contributed by atoms with van der Waals surface area (Å²) >= 11 is 0. The first-order valence-corrected chi connectivity index (χ1v) is 3.27. The maximum absolute atomic E-state index is 10.9. The predicted octanol–water partition coefficient (Wildman–Crippen LogP) is 0.170. The Kier molecular flexibility index (Phi) is 2.38. The van der Waals surface area contributed by atoms with Gasteiger partial charge in [0.15, 0.2) is 0 Å². The van der Waals surface area contributed by atoms with Gasteiger partial charge in [-0.1, -0.05) is 0 Å². The zero-order valence-electron chi connectivity index (χ0n) is 6.57. The minimum absolute atomic E-state index is 0.377. The molecular formula is C7H10N2O2. The van der Waals surface area contributed by atoms with Gasteiger partial charge in [-0.25, -0.2) is 4.98 Å². The number of aromatic nitrogens is 2. The molecule has 0 spiro atoms. The number of aryl methyl sites for hydroxylation is 1. The Morgan fingerprint density at radius 2 is 2.45 bits per heavy atom. The first-order chi connectivity index (χ1) is 5.24. The lowest BCUT2D eigenvalue weighted by Gasteiger charge is -2.01. The van der Waals surface area contributed by atoms with Crippen molar-refractivity contribution in [2.75, 3.05) is 7.11 Å². The summed E-state index contributed by atoms with van der Waals surface area (Å²) in [7, 11) is 1.57.